The molecule has 4 heteroatoms. The summed E-state index contributed by atoms with van der Waals surface area (Å²) in [6.07, 6.45) is 2.68. The third kappa shape index (κ3) is 2.82. The Balaban J connectivity index is 2.40. The Labute approximate surface area is 119 Å². The summed E-state index contributed by atoms with van der Waals surface area (Å²) >= 11 is 6.23. The summed E-state index contributed by atoms with van der Waals surface area (Å²) in [6, 6.07) is 6.05. The zero-order valence-corrected chi connectivity index (χ0v) is 12.4. The molecular weight excluding hydrogens is 258 g/mol. The lowest BCUT2D eigenvalue weighted by atomic mass is 9.99. The predicted octanol–water partition coefficient (Wildman–Crippen LogP) is 3.61. The molecule has 2 N–H and O–H groups in total. The summed E-state index contributed by atoms with van der Waals surface area (Å²) in [5.41, 5.74) is 10.8. The molecule has 0 spiro atoms. The van der Waals surface area contributed by atoms with E-state index in [1.165, 1.54) is 11.1 Å². The van der Waals surface area contributed by atoms with Gasteiger partial charge in [0.25, 0.3) is 0 Å². The van der Waals surface area contributed by atoms with E-state index >= 15 is 0 Å². The molecule has 2 aromatic rings. The van der Waals surface area contributed by atoms with Crippen LogP contribution >= 0.6 is 11.6 Å². The molecule has 1 aromatic carbocycles. The number of benzene rings is 1. The number of halogens is 1. The molecule has 2 rings (SSSR count). The van der Waals surface area contributed by atoms with E-state index in [1.54, 1.807) is 6.20 Å². The predicted molar refractivity (Wildman–Crippen MR) is 79.5 cm³/mol. The summed E-state index contributed by atoms with van der Waals surface area (Å²) in [4.78, 5) is 0. The molecule has 0 saturated heterocycles. The first-order valence-electron chi connectivity index (χ1n) is 6.58. The topological polar surface area (TPSA) is 43.8 Å². The molecule has 0 aliphatic rings. The van der Waals surface area contributed by atoms with Gasteiger partial charge in [0.1, 0.15) is 0 Å². The Hall–Kier alpha value is -1.32. The van der Waals surface area contributed by atoms with Crippen molar-refractivity contribution in [3.8, 4) is 0 Å². The fourth-order valence-electron chi connectivity index (χ4n) is 2.19. The van der Waals surface area contributed by atoms with Crippen LogP contribution in [0.1, 0.15) is 41.8 Å². The first-order chi connectivity index (χ1) is 9.04. The Morgan fingerprint density at radius 3 is 2.68 bits per heavy atom. The van der Waals surface area contributed by atoms with Gasteiger partial charge in [0.2, 0.25) is 0 Å². The van der Waals surface area contributed by atoms with Crippen molar-refractivity contribution >= 4 is 11.6 Å². The van der Waals surface area contributed by atoms with Crippen LogP contribution in [0.3, 0.4) is 0 Å². The fourth-order valence-corrected chi connectivity index (χ4v) is 2.45. The number of aromatic nitrogens is 2. The van der Waals surface area contributed by atoms with E-state index in [9.17, 15) is 0 Å². The highest BCUT2D eigenvalue weighted by atomic mass is 35.5. The second-order valence-electron chi connectivity index (χ2n) is 4.92. The van der Waals surface area contributed by atoms with Crippen LogP contribution in [-0.2, 0) is 6.54 Å². The molecule has 1 aromatic heterocycles. The molecule has 0 saturated carbocycles. The Morgan fingerprint density at radius 1 is 1.32 bits per heavy atom. The quantitative estimate of drug-likeness (QED) is 0.928. The molecule has 0 bridgehead atoms. The highest BCUT2D eigenvalue weighted by Crippen LogP contribution is 2.27. The monoisotopic (exact) mass is 277 g/mol. The fraction of sp³-hybridized carbons (Fsp3) is 0.400. The van der Waals surface area contributed by atoms with Gasteiger partial charge in [0, 0.05) is 6.54 Å². The van der Waals surface area contributed by atoms with Gasteiger partial charge in [0.05, 0.1) is 23.0 Å². The lowest BCUT2D eigenvalue weighted by Gasteiger charge is -2.16. The van der Waals surface area contributed by atoms with Crippen molar-refractivity contribution in [2.24, 2.45) is 5.73 Å². The van der Waals surface area contributed by atoms with Gasteiger partial charge in [-0.15, -0.1) is 0 Å². The molecule has 0 radical (unpaired) electrons. The van der Waals surface area contributed by atoms with E-state index in [0.29, 0.717) is 5.02 Å². The van der Waals surface area contributed by atoms with Gasteiger partial charge in [-0.1, -0.05) is 36.7 Å². The largest absolute Gasteiger partial charge is 0.319 e. The lowest BCUT2D eigenvalue weighted by molar-refractivity contribution is 0.560. The third-order valence-corrected chi connectivity index (χ3v) is 3.74. The molecule has 1 atom stereocenters. The van der Waals surface area contributed by atoms with E-state index in [2.05, 4.69) is 44.1 Å². The van der Waals surface area contributed by atoms with Crippen molar-refractivity contribution in [3.63, 3.8) is 0 Å². The van der Waals surface area contributed by atoms with Crippen LogP contribution in [0, 0.1) is 13.8 Å². The number of nitrogens with zero attached hydrogens (tertiary/aromatic N) is 2. The van der Waals surface area contributed by atoms with Crippen molar-refractivity contribution in [2.45, 2.75) is 39.8 Å². The molecule has 0 fully saturated rings. The first-order valence-corrected chi connectivity index (χ1v) is 6.96. The Bertz CT molecular complexity index is 575. The van der Waals surface area contributed by atoms with Crippen molar-refractivity contribution in [3.05, 3.63) is 51.8 Å². The van der Waals surface area contributed by atoms with E-state index in [0.717, 1.165) is 24.2 Å². The van der Waals surface area contributed by atoms with Crippen LogP contribution in [0.5, 0.6) is 0 Å². The minimum Gasteiger partial charge on any atom is -0.319 e. The number of hydrogen-bond donors (Lipinski definition) is 1. The van der Waals surface area contributed by atoms with Gasteiger partial charge in [-0.3, -0.25) is 4.68 Å². The van der Waals surface area contributed by atoms with E-state index in [4.69, 9.17) is 17.3 Å². The molecular formula is C15H20ClN3. The molecule has 0 amide bonds. The maximum atomic E-state index is 6.37. The Kier molecular flexibility index (Phi) is 4.27. The van der Waals surface area contributed by atoms with Gasteiger partial charge >= 0.3 is 0 Å². The van der Waals surface area contributed by atoms with Crippen LogP contribution in [0.15, 0.2) is 24.4 Å². The zero-order chi connectivity index (χ0) is 14.0. The van der Waals surface area contributed by atoms with Gasteiger partial charge in [-0.2, -0.15) is 5.10 Å². The number of nitrogens with two attached hydrogens (primary N) is 1. The van der Waals surface area contributed by atoms with Crippen LogP contribution in [0.2, 0.25) is 5.02 Å². The molecule has 19 heavy (non-hydrogen) atoms. The number of rotatable bonds is 4. The van der Waals surface area contributed by atoms with Gasteiger partial charge in [0.15, 0.2) is 0 Å². The molecule has 102 valence electrons. The molecule has 3 nitrogen and oxygen atoms in total. The van der Waals surface area contributed by atoms with Gasteiger partial charge in [-0.25, -0.2) is 0 Å². The first kappa shape index (κ1) is 14.1. The second kappa shape index (κ2) is 5.76. The van der Waals surface area contributed by atoms with Crippen molar-refractivity contribution in [2.75, 3.05) is 0 Å². The smallest absolute Gasteiger partial charge is 0.0837 e. The molecule has 1 heterocycles. The van der Waals surface area contributed by atoms with Gasteiger partial charge < -0.3 is 5.73 Å². The van der Waals surface area contributed by atoms with Crippen LogP contribution < -0.4 is 5.73 Å². The van der Waals surface area contributed by atoms with Crippen LogP contribution in [0.4, 0.5) is 0 Å². The van der Waals surface area contributed by atoms with E-state index in [1.807, 2.05) is 4.68 Å². The molecule has 0 aliphatic heterocycles. The average Bonchev–Trinajstić information content (AvgIpc) is 2.74. The summed E-state index contributed by atoms with van der Waals surface area (Å²) in [5.74, 6) is 0. The SMILES string of the molecule is CCCn1ncc(Cl)c1C(N)c1ccc(C)c(C)c1. The summed E-state index contributed by atoms with van der Waals surface area (Å²) in [7, 11) is 0. The van der Waals surface area contributed by atoms with Crippen LogP contribution in [0.25, 0.3) is 0 Å². The third-order valence-electron chi connectivity index (χ3n) is 3.45. The number of hydrogen-bond acceptors (Lipinski definition) is 2. The second-order valence-corrected chi connectivity index (χ2v) is 5.33. The maximum Gasteiger partial charge on any atom is 0.0837 e. The van der Waals surface area contributed by atoms with Crippen molar-refractivity contribution in [1.82, 2.24) is 9.78 Å². The molecule has 1 unspecified atom stereocenters. The average molecular weight is 278 g/mol. The van der Waals surface area contributed by atoms with E-state index < -0.39 is 0 Å². The summed E-state index contributed by atoms with van der Waals surface area (Å²) in [5, 5.41) is 4.93. The normalized spacial score (nSPS) is 12.7. The minimum atomic E-state index is -0.235. The van der Waals surface area contributed by atoms with Crippen molar-refractivity contribution < 1.29 is 0 Å². The number of aryl methyl sites for hydroxylation is 3. The molecule has 0 aliphatic carbocycles. The summed E-state index contributed by atoms with van der Waals surface area (Å²) < 4.78 is 1.90. The van der Waals surface area contributed by atoms with Crippen LogP contribution in [-0.4, -0.2) is 9.78 Å². The highest BCUT2D eigenvalue weighted by Gasteiger charge is 2.18. The summed E-state index contributed by atoms with van der Waals surface area (Å²) in [6.45, 7) is 7.14. The minimum absolute atomic E-state index is 0.235. The van der Waals surface area contributed by atoms with Gasteiger partial charge in [-0.05, 0) is 37.0 Å². The van der Waals surface area contributed by atoms with Crippen molar-refractivity contribution in [1.29, 1.82) is 0 Å². The maximum absolute atomic E-state index is 6.37. The Morgan fingerprint density at radius 2 is 2.05 bits per heavy atom. The lowest BCUT2D eigenvalue weighted by Crippen LogP contribution is -2.18. The highest BCUT2D eigenvalue weighted by molar-refractivity contribution is 6.31. The zero-order valence-electron chi connectivity index (χ0n) is 11.7. The standard InChI is InChI=1S/C15H20ClN3/c1-4-7-19-15(13(16)9-18-19)14(17)12-6-5-10(2)11(3)8-12/h5-6,8-9,14H,4,7,17H2,1-3H3. The van der Waals surface area contributed by atoms with E-state index in [-0.39, 0.29) is 6.04 Å².